The van der Waals surface area contributed by atoms with E-state index >= 15 is 0 Å². The molecule has 2 aliphatic rings. The third kappa shape index (κ3) is 4.19. The van der Waals surface area contributed by atoms with E-state index in [1.54, 1.807) is 0 Å². The summed E-state index contributed by atoms with van der Waals surface area (Å²) in [6.07, 6.45) is 0. The minimum absolute atomic E-state index is 0.428. The van der Waals surface area contributed by atoms with Crippen molar-refractivity contribution in [1.29, 1.82) is 0 Å². The molecule has 0 bridgehead atoms. The number of para-hydroxylation sites is 4. The molecule has 0 N–H and O–H groups in total. The van der Waals surface area contributed by atoms with Crippen LogP contribution in [-0.2, 0) is 5.41 Å². The summed E-state index contributed by atoms with van der Waals surface area (Å²) in [5.41, 5.74) is 17.8. The van der Waals surface area contributed by atoms with E-state index in [4.69, 9.17) is 14.4 Å². The minimum Gasteiger partial charge on any atom is -0.437 e. The van der Waals surface area contributed by atoms with Crippen molar-refractivity contribution in [3.63, 3.8) is 0 Å². The summed E-state index contributed by atoms with van der Waals surface area (Å²) in [5.74, 6) is 1.33. The quantitative estimate of drug-likeness (QED) is 0.178. The zero-order valence-electron chi connectivity index (χ0n) is 34.3. The Kier molecular flexibility index (Phi) is 6.56. The van der Waals surface area contributed by atoms with Gasteiger partial charge >= 0.3 is 0 Å². The number of aromatic nitrogens is 4. The molecule has 0 fully saturated rings. The Balaban J connectivity index is 1.03. The number of fused-ring (bicyclic) bond motifs is 19. The van der Waals surface area contributed by atoms with Gasteiger partial charge in [-0.25, -0.2) is 0 Å². The lowest BCUT2D eigenvalue weighted by molar-refractivity contribution is 0.650. The highest BCUT2D eigenvalue weighted by Crippen LogP contribution is 2.64. The summed E-state index contributed by atoms with van der Waals surface area (Å²) in [4.78, 5) is 11.0. The van der Waals surface area contributed by atoms with Crippen molar-refractivity contribution in [2.24, 2.45) is 0 Å². The van der Waals surface area contributed by atoms with Gasteiger partial charge in [-0.05, 0) is 92.0 Å². The van der Waals surface area contributed by atoms with Crippen LogP contribution < -0.4 is 0 Å². The summed E-state index contributed by atoms with van der Waals surface area (Å²) in [6, 6.07) is 74.8. The second-order valence-corrected chi connectivity index (χ2v) is 17.2. The van der Waals surface area contributed by atoms with Gasteiger partial charge in [0.1, 0.15) is 5.58 Å². The van der Waals surface area contributed by atoms with Crippen LogP contribution in [0.3, 0.4) is 0 Å². The molecular formula is C59H34N4O. The molecule has 2 aliphatic carbocycles. The lowest BCUT2D eigenvalue weighted by Crippen LogP contribution is -2.25. The molecule has 0 aliphatic heterocycles. The standard InChI is InChI=1S/C59H34N4O/c1-8-24-45-37(16-1)38-17-2-9-25-46(38)59(45)47-26-10-3-22-43(47)54-36(23-15-27-48(54)59)35-32-33-53-44(34-35)55-56(62-49-28-11-4-18-39(49)40-19-5-12-29-50(40)62)60-58(61-57(55)64-53)63-51-30-13-6-20-41(51)42-21-7-14-31-52(42)63/h1-34H. The van der Waals surface area contributed by atoms with Gasteiger partial charge in [0.25, 0.3) is 0 Å². The van der Waals surface area contributed by atoms with Gasteiger partial charge in [-0.15, -0.1) is 0 Å². The average Bonchev–Trinajstić information content (AvgIpc) is 4.14. The van der Waals surface area contributed by atoms with Gasteiger partial charge in [-0.3, -0.25) is 9.13 Å². The average molecular weight is 815 g/mol. The van der Waals surface area contributed by atoms with Crippen molar-refractivity contribution in [1.82, 2.24) is 19.1 Å². The van der Waals surface area contributed by atoms with Crippen LogP contribution in [0, 0.1) is 0 Å². The van der Waals surface area contributed by atoms with Crippen molar-refractivity contribution in [3.8, 4) is 45.1 Å². The maximum absolute atomic E-state index is 6.89. The van der Waals surface area contributed by atoms with Crippen LogP contribution in [0.1, 0.15) is 22.3 Å². The van der Waals surface area contributed by atoms with Gasteiger partial charge in [-0.1, -0.05) is 170 Å². The lowest BCUT2D eigenvalue weighted by atomic mass is 9.70. The zero-order valence-corrected chi connectivity index (χ0v) is 34.3. The molecule has 0 amide bonds. The van der Waals surface area contributed by atoms with Crippen molar-refractivity contribution in [2.45, 2.75) is 5.41 Å². The van der Waals surface area contributed by atoms with Gasteiger partial charge in [0.05, 0.1) is 32.9 Å². The van der Waals surface area contributed by atoms with Crippen LogP contribution in [-0.4, -0.2) is 19.1 Å². The molecule has 64 heavy (non-hydrogen) atoms. The fourth-order valence-electron chi connectivity index (χ4n) is 11.7. The molecule has 4 heterocycles. The first kappa shape index (κ1) is 34.1. The maximum atomic E-state index is 6.89. The van der Waals surface area contributed by atoms with Crippen molar-refractivity contribution in [2.75, 3.05) is 0 Å². The molecule has 1 spiro atoms. The summed E-state index contributed by atoms with van der Waals surface area (Å²) < 4.78 is 11.4. The Labute approximate surface area is 366 Å². The Morgan fingerprint density at radius 2 is 0.844 bits per heavy atom. The molecule has 0 radical (unpaired) electrons. The number of hydrogen-bond donors (Lipinski definition) is 0. The monoisotopic (exact) mass is 814 g/mol. The Morgan fingerprint density at radius 1 is 0.375 bits per heavy atom. The smallest absolute Gasteiger partial charge is 0.240 e. The third-order valence-corrected chi connectivity index (χ3v) is 14.2. The molecule has 0 atom stereocenters. The van der Waals surface area contributed by atoms with Crippen LogP contribution in [0.4, 0.5) is 0 Å². The first-order valence-electron chi connectivity index (χ1n) is 21.9. The first-order chi connectivity index (χ1) is 31.8. The van der Waals surface area contributed by atoms with E-state index in [9.17, 15) is 0 Å². The van der Waals surface area contributed by atoms with E-state index in [0.29, 0.717) is 11.7 Å². The highest BCUT2D eigenvalue weighted by Gasteiger charge is 2.52. The molecular weight excluding hydrogens is 781 g/mol. The van der Waals surface area contributed by atoms with Crippen LogP contribution in [0.5, 0.6) is 0 Å². The second-order valence-electron chi connectivity index (χ2n) is 17.2. The van der Waals surface area contributed by atoms with Gasteiger partial charge in [-0.2, -0.15) is 9.97 Å². The Hall–Kier alpha value is -8.54. The maximum Gasteiger partial charge on any atom is 0.240 e. The van der Waals surface area contributed by atoms with Crippen LogP contribution in [0.2, 0.25) is 0 Å². The van der Waals surface area contributed by atoms with Crippen molar-refractivity contribution < 1.29 is 4.42 Å². The second kappa shape index (κ2) is 12.3. The van der Waals surface area contributed by atoms with Crippen LogP contribution in [0.25, 0.3) is 111 Å². The van der Waals surface area contributed by atoms with E-state index in [0.717, 1.165) is 60.6 Å². The number of nitrogens with zero attached hydrogens (tertiary/aromatic N) is 4. The first-order valence-corrected chi connectivity index (χ1v) is 21.9. The van der Waals surface area contributed by atoms with E-state index in [-0.39, 0.29) is 0 Å². The fourth-order valence-corrected chi connectivity index (χ4v) is 11.7. The van der Waals surface area contributed by atoms with Gasteiger partial charge < -0.3 is 4.42 Å². The molecule has 9 aromatic carbocycles. The number of hydrogen-bond acceptors (Lipinski definition) is 3. The largest absolute Gasteiger partial charge is 0.437 e. The normalized spacial score (nSPS) is 13.4. The molecule has 15 rings (SSSR count). The summed E-state index contributed by atoms with van der Waals surface area (Å²) in [5, 5.41) is 6.47. The molecule has 5 nitrogen and oxygen atoms in total. The minimum atomic E-state index is -0.428. The summed E-state index contributed by atoms with van der Waals surface area (Å²) in [6.45, 7) is 0. The Bertz CT molecular complexity index is 4010. The highest BCUT2D eigenvalue weighted by molar-refractivity contribution is 6.15. The highest BCUT2D eigenvalue weighted by atomic mass is 16.3. The summed E-state index contributed by atoms with van der Waals surface area (Å²) >= 11 is 0. The number of benzene rings is 9. The van der Waals surface area contributed by atoms with Crippen molar-refractivity contribution in [3.05, 3.63) is 229 Å². The lowest BCUT2D eigenvalue weighted by Gasteiger charge is -2.30. The molecule has 5 heteroatoms. The topological polar surface area (TPSA) is 48.8 Å². The van der Waals surface area contributed by atoms with E-state index in [1.807, 2.05) is 0 Å². The summed E-state index contributed by atoms with van der Waals surface area (Å²) in [7, 11) is 0. The third-order valence-electron chi connectivity index (χ3n) is 14.2. The Morgan fingerprint density at radius 3 is 1.44 bits per heavy atom. The molecule has 4 aromatic heterocycles. The number of rotatable bonds is 3. The predicted molar refractivity (Wildman–Crippen MR) is 260 cm³/mol. The molecule has 0 unspecified atom stereocenters. The van der Waals surface area contributed by atoms with Gasteiger partial charge in [0.2, 0.25) is 11.7 Å². The van der Waals surface area contributed by atoms with Crippen molar-refractivity contribution >= 4 is 65.7 Å². The zero-order chi connectivity index (χ0) is 41.7. The van der Waals surface area contributed by atoms with E-state index in [2.05, 4.69) is 215 Å². The molecule has 13 aromatic rings. The SMILES string of the molecule is c1ccc2c(c1)-c1ccccc1C21c2ccccc2-c2c(-c3ccc4oc5nc(-n6c7ccccc7c7ccccc76)nc(-n6c7ccccc7c7ccccc76)c5c4c3)cccc21. The van der Waals surface area contributed by atoms with Gasteiger partial charge in [0.15, 0.2) is 5.82 Å². The van der Waals surface area contributed by atoms with Crippen LogP contribution >= 0.6 is 0 Å². The van der Waals surface area contributed by atoms with Gasteiger partial charge in [0, 0.05) is 26.9 Å². The molecule has 0 saturated heterocycles. The number of furan rings is 1. The predicted octanol–water partition coefficient (Wildman–Crippen LogP) is 14.6. The van der Waals surface area contributed by atoms with E-state index < -0.39 is 5.41 Å². The van der Waals surface area contributed by atoms with Crippen LogP contribution in [0.15, 0.2) is 211 Å². The molecule has 296 valence electrons. The fraction of sp³-hybridized carbons (Fsp3) is 0.0169. The van der Waals surface area contributed by atoms with E-state index in [1.165, 1.54) is 60.8 Å². The molecule has 0 saturated carbocycles.